The van der Waals surface area contributed by atoms with Crippen molar-refractivity contribution in [3.8, 4) is 5.75 Å². The molecule has 0 radical (unpaired) electrons. The number of amides is 1. The van der Waals surface area contributed by atoms with Gasteiger partial charge in [0, 0.05) is 48.0 Å². The van der Waals surface area contributed by atoms with Gasteiger partial charge < -0.3 is 19.5 Å². The van der Waals surface area contributed by atoms with Crippen LogP contribution < -0.4 is 10.1 Å². The molecule has 1 saturated carbocycles. The molecule has 1 aromatic heterocycles. The molecule has 224 valence electrons. The number of Topliss-reactive ketones (excluding diaryl/α,β-unsaturated/α-hetero) is 2. The van der Waals surface area contributed by atoms with Crippen molar-refractivity contribution in [2.75, 3.05) is 13.6 Å². The highest BCUT2D eigenvalue weighted by molar-refractivity contribution is 6.07. The molecule has 1 N–H and O–H groups in total. The first-order chi connectivity index (χ1) is 20.2. The molecule has 2 fully saturated rings. The number of rotatable bonds is 11. The van der Waals surface area contributed by atoms with E-state index >= 15 is 0 Å². The molecule has 7 nitrogen and oxygen atoms in total. The van der Waals surface area contributed by atoms with E-state index in [9.17, 15) is 14.4 Å². The fraction of sp³-hybridized carbons (Fsp3) is 0.514. The SMILES string of the molecule is CNC(C)C(=O)CC(C(=O)N1CC(Oc2ccccc2)CC1Cn1cc(C(C)=O)c2cc(C)ccc21)C1CCCCC1. The van der Waals surface area contributed by atoms with Crippen molar-refractivity contribution in [2.24, 2.45) is 11.8 Å². The van der Waals surface area contributed by atoms with Gasteiger partial charge in [-0.3, -0.25) is 14.4 Å². The second-order valence-electron chi connectivity index (χ2n) is 12.4. The fourth-order valence-corrected chi connectivity index (χ4v) is 6.92. The number of hydrogen-bond donors (Lipinski definition) is 1. The van der Waals surface area contributed by atoms with Crippen LogP contribution in [0.4, 0.5) is 0 Å². The summed E-state index contributed by atoms with van der Waals surface area (Å²) < 4.78 is 8.53. The van der Waals surface area contributed by atoms with E-state index in [1.54, 1.807) is 14.0 Å². The first-order valence-corrected chi connectivity index (χ1v) is 15.6. The Kier molecular flexibility index (Phi) is 9.47. The van der Waals surface area contributed by atoms with Gasteiger partial charge in [0.2, 0.25) is 5.91 Å². The normalized spacial score (nSPS) is 20.9. The zero-order chi connectivity index (χ0) is 29.8. The van der Waals surface area contributed by atoms with Crippen LogP contribution in [-0.2, 0) is 16.1 Å². The molecular formula is C35H45N3O4. The fourth-order valence-electron chi connectivity index (χ4n) is 6.92. The van der Waals surface area contributed by atoms with Crippen molar-refractivity contribution in [3.63, 3.8) is 0 Å². The summed E-state index contributed by atoms with van der Waals surface area (Å²) in [5.41, 5.74) is 2.80. The number of nitrogens with one attached hydrogen (secondary N) is 1. The van der Waals surface area contributed by atoms with Gasteiger partial charge in [-0.15, -0.1) is 0 Å². The predicted molar refractivity (Wildman–Crippen MR) is 166 cm³/mol. The molecule has 1 saturated heterocycles. The average Bonchev–Trinajstić information content (AvgIpc) is 3.56. The smallest absolute Gasteiger partial charge is 0.226 e. The topological polar surface area (TPSA) is 80.6 Å². The second kappa shape index (κ2) is 13.2. The van der Waals surface area contributed by atoms with E-state index in [-0.39, 0.29) is 53.9 Å². The maximum atomic E-state index is 14.5. The lowest BCUT2D eigenvalue weighted by atomic mass is 9.76. The minimum atomic E-state index is -0.330. The van der Waals surface area contributed by atoms with Crippen LogP contribution in [0.15, 0.2) is 54.7 Å². The number of fused-ring (bicyclic) bond motifs is 1. The van der Waals surface area contributed by atoms with Gasteiger partial charge in [0.1, 0.15) is 17.6 Å². The summed E-state index contributed by atoms with van der Waals surface area (Å²) >= 11 is 0. The van der Waals surface area contributed by atoms with E-state index in [2.05, 4.69) is 28.1 Å². The van der Waals surface area contributed by atoms with E-state index in [1.807, 2.05) is 55.3 Å². The zero-order valence-electron chi connectivity index (χ0n) is 25.5. The van der Waals surface area contributed by atoms with Crippen LogP contribution in [0.1, 0.15) is 74.7 Å². The maximum absolute atomic E-state index is 14.5. The van der Waals surface area contributed by atoms with Crippen LogP contribution in [0.25, 0.3) is 10.9 Å². The highest BCUT2D eigenvalue weighted by atomic mass is 16.5. The Hall–Kier alpha value is -3.45. The van der Waals surface area contributed by atoms with Crippen molar-refractivity contribution in [3.05, 3.63) is 65.9 Å². The Balaban J connectivity index is 1.47. The van der Waals surface area contributed by atoms with E-state index in [4.69, 9.17) is 4.74 Å². The highest BCUT2D eigenvalue weighted by Gasteiger charge is 2.42. The quantitative estimate of drug-likeness (QED) is 0.287. The van der Waals surface area contributed by atoms with Gasteiger partial charge in [0.15, 0.2) is 5.78 Å². The molecule has 1 aliphatic carbocycles. The third kappa shape index (κ3) is 6.62. The minimum Gasteiger partial charge on any atom is -0.489 e. The average molecular weight is 572 g/mol. The van der Waals surface area contributed by atoms with E-state index in [0.29, 0.717) is 25.1 Å². The molecule has 2 aromatic carbocycles. The standard InChI is InChI=1S/C35H45N3O4/c1-23-15-16-33-31(17-23)32(25(3)39)22-37(33)20-27-18-29(42-28-13-9-6-10-14-28)21-38(27)35(41)30(19-34(40)24(2)36-4)26-11-7-5-8-12-26/h6,9-10,13-17,22,24,26-27,29-30,36H,5,7-8,11-12,18-21H2,1-4H3. The largest absolute Gasteiger partial charge is 0.489 e. The van der Waals surface area contributed by atoms with E-state index in [0.717, 1.165) is 47.9 Å². The van der Waals surface area contributed by atoms with Crippen molar-refractivity contribution < 1.29 is 19.1 Å². The van der Waals surface area contributed by atoms with Crippen LogP contribution in [0, 0.1) is 18.8 Å². The van der Waals surface area contributed by atoms with Gasteiger partial charge in [-0.25, -0.2) is 0 Å². The number of para-hydroxylation sites is 1. The van der Waals surface area contributed by atoms with Crippen molar-refractivity contribution in [1.82, 2.24) is 14.8 Å². The molecule has 0 bridgehead atoms. The minimum absolute atomic E-state index is 0.0310. The molecule has 2 heterocycles. The van der Waals surface area contributed by atoms with E-state index < -0.39 is 0 Å². The lowest BCUT2D eigenvalue weighted by Crippen LogP contribution is -2.46. The Morgan fingerprint density at radius 2 is 1.79 bits per heavy atom. The molecule has 4 unspecified atom stereocenters. The van der Waals surface area contributed by atoms with Crippen LogP contribution in [0.5, 0.6) is 5.75 Å². The molecule has 0 spiro atoms. The van der Waals surface area contributed by atoms with Gasteiger partial charge in [0.25, 0.3) is 0 Å². The molecule has 2 aliphatic rings. The van der Waals surface area contributed by atoms with Gasteiger partial charge in [-0.2, -0.15) is 0 Å². The lowest BCUT2D eigenvalue weighted by molar-refractivity contribution is -0.142. The van der Waals surface area contributed by atoms with Crippen molar-refractivity contribution >= 4 is 28.4 Å². The summed E-state index contributed by atoms with van der Waals surface area (Å²) in [5.74, 6) is 0.868. The summed E-state index contributed by atoms with van der Waals surface area (Å²) in [6, 6.07) is 15.6. The molecule has 3 aromatic rings. The number of carbonyl (C=O) groups is 3. The number of benzene rings is 2. The Labute approximate surface area is 249 Å². The number of likely N-dealkylation sites (tertiary alicyclic amines) is 1. The Morgan fingerprint density at radius 1 is 1.05 bits per heavy atom. The number of nitrogens with zero attached hydrogens (tertiary/aromatic N) is 2. The number of hydrogen-bond acceptors (Lipinski definition) is 5. The second-order valence-corrected chi connectivity index (χ2v) is 12.4. The maximum Gasteiger partial charge on any atom is 0.226 e. The third-order valence-electron chi connectivity index (χ3n) is 9.40. The number of aryl methyl sites for hydroxylation is 1. The van der Waals surface area contributed by atoms with Crippen LogP contribution in [0.2, 0.25) is 0 Å². The van der Waals surface area contributed by atoms with E-state index in [1.165, 1.54) is 6.42 Å². The Morgan fingerprint density at radius 3 is 2.48 bits per heavy atom. The molecule has 1 aliphatic heterocycles. The number of carbonyl (C=O) groups excluding carboxylic acids is 3. The molecule has 42 heavy (non-hydrogen) atoms. The van der Waals surface area contributed by atoms with Crippen LogP contribution in [-0.4, -0.2) is 58.7 Å². The highest BCUT2D eigenvalue weighted by Crippen LogP contribution is 2.36. The third-order valence-corrected chi connectivity index (χ3v) is 9.40. The number of ether oxygens (including phenoxy) is 1. The zero-order valence-corrected chi connectivity index (χ0v) is 25.5. The first-order valence-electron chi connectivity index (χ1n) is 15.6. The number of aromatic nitrogens is 1. The number of likely N-dealkylation sites (N-methyl/N-ethyl adjacent to an activating group) is 1. The molecular weight excluding hydrogens is 526 g/mol. The summed E-state index contributed by atoms with van der Waals surface area (Å²) in [5, 5.41) is 4.01. The monoisotopic (exact) mass is 571 g/mol. The van der Waals surface area contributed by atoms with Gasteiger partial charge in [0.05, 0.1) is 18.6 Å². The summed E-state index contributed by atoms with van der Waals surface area (Å²) in [4.78, 5) is 42.3. The lowest BCUT2D eigenvalue weighted by Gasteiger charge is -2.35. The number of ketones is 2. The molecule has 5 rings (SSSR count). The summed E-state index contributed by atoms with van der Waals surface area (Å²) in [6.07, 6.45) is 8.11. The molecule has 1 amide bonds. The molecule has 7 heteroatoms. The van der Waals surface area contributed by atoms with Gasteiger partial charge >= 0.3 is 0 Å². The van der Waals surface area contributed by atoms with Crippen molar-refractivity contribution in [1.29, 1.82) is 0 Å². The van der Waals surface area contributed by atoms with Crippen LogP contribution >= 0.6 is 0 Å². The van der Waals surface area contributed by atoms with Gasteiger partial charge in [-0.1, -0.05) is 49.1 Å². The first kappa shape index (κ1) is 30.0. The summed E-state index contributed by atoms with van der Waals surface area (Å²) in [7, 11) is 1.79. The van der Waals surface area contributed by atoms with Crippen LogP contribution in [0.3, 0.4) is 0 Å². The Bertz CT molecular complexity index is 1410. The predicted octanol–water partition coefficient (Wildman–Crippen LogP) is 5.96. The molecule has 4 atom stereocenters. The summed E-state index contributed by atoms with van der Waals surface area (Å²) in [6.45, 7) is 6.55. The van der Waals surface area contributed by atoms with Gasteiger partial charge in [-0.05, 0) is 70.8 Å². The van der Waals surface area contributed by atoms with Crippen molar-refractivity contribution in [2.45, 2.75) is 90.4 Å².